The van der Waals surface area contributed by atoms with Gasteiger partial charge >= 0.3 is 0 Å². The van der Waals surface area contributed by atoms with E-state index in [1.165, 1.54) is 6.26 Å². The number of nitrogens with one attached hydrogen (secondary N) is 1. The molecule has 2 heterocycles. The SMILES string of the molecule is CC(CN(C)C)CS(=O)(=O)N1CCN(c2ccc(Br)c(NC(=O)c3coc(N)n3)c2)CC1. The van der Waals surface area contributed by atoms with Gasteiger partial charge in [-0.1, -0.05) is 6.92 Å². The maximum Gasteiger partial charge on any atom is 0.292 e. The minimum absolute atomic E-state index is 0.0609. The lowest BCUT2D eigenvalue weighted by Gasteiger charge is -2.36. The number of piperazine rings is 1. The van der Waals surface area contributed by atoms with Crippen molar-refractivity contribution in [3.05, 3.63) is 34.6 Å². The van der Waals surface area contributed by atoms with Gasteiger partial charge in [0, 0.05) is 42.9 Å². The molecule has 1 amide bonds. The maximum absolute atomic E-state index is 12.8. The van der Waals surface area contributed by atoms with E-state index in [0.717, 1.165) is 12.2 Å². The van der Waals surface area contributed by atoms with Gasteiger partial charge in [0.05, 0.1) is 11.4 Å². The third kappa shape index (κ3) is 6.21. The van der Waals surface area contributed by atoms with Crippen molar-refractivity contribution in [1.29, 1.82) is 0 Å². The number of anilines is 3. The number of aromatic nitrogens is 1. The molecule has 0 aliphatic carbocycles. The van der Waals surface area contributed by atoms with E-state index in [1.807, 2.05) is 44.1 Å². The van der Waals surface area contributed by atoms with Crippen LogP contribution >= 0.6 is 15.9 Å². The van der Waals surface area contributed by atoms with Crippen LogP contribution in [0, 0.1) is 5.92 Å². The molecule has 1 fully saturated rings. The van der Waals surface area contributed by atoms with Crippen LogP contribution in [0.15, 0.2) is 33.4 Å². The zero-order valence-corrected chi connectivity index (χ0v) is 20.8. The molecule has 12 heteroatoms. The van der Waals surface area contributed by atoms with E-state index in [-0.39, 0.29) is 23.4 Å². The molecule has 0 bridgehead atoms. The third-order valence-corrected chi connectivity index (χ3v) is 7.96. The molecule has 3 rings (SSSR count). The maximum atomic E-state index is 12.8. The molecular formula is C20H29BrN6O4S. The number of carbonyl (C=O) groups is 1. The van der Waals surface area contributed by atoms with Crippen LogP contribution in [0.25, 0.3) is 0 Å². The summed E-state index contributed by atoms with van der Waals surface area (Å²) in [5.74, 6) is -0.233. The second-order valence-corrected chi connectivity index (χ2v) is 11.1. The molecule has 1 aliphatic heterocycles. The van der Waals surface area contributed by atoms with Gasteiger partial charge in [-0.15, -0.1) is 0 Å². The molecular weight excluding hydrogens is 500 g/mol. The zero-order valence-electron chi connectivity index (χ0n) is 18.4. The summed E-state index contributed by atoms with van der Waals surface area (Å²) in [5.41, 5.74) is 6.97. The Bertz CT molecular complexity index is 1050. The first kappa shape index (κ1) is 24.5. The summed E-state index contributed by atoms with van der Waals surface area (Å²) < 4.78 is 32.7. The van der Waals surface area contributed by atoms with E-state index in [9.17, 15) is 13.2 Å². The summed E-state index contributed by atoms with van der Waals surface area (Å²) in [6, 6.07) is 5.53. The van der Waals surface area contributed by atoms with E-state index in [2.05, 4.69) is 31.1 Å². The van der Waals surface area contributed by atoms with Gasteiger partial charge in [-0.25, -0.2) is 8.42 Å². The molecule has 1 aromatic heterocycles. The normalized spacial score (nSPS) is 16.3. The largest absolute Gasteiger partial charge is 0.431 e. The lowest BCUT2D eigenvalue weighted by atomic mass is 10.2. The number of carbonyl (C=O) groups excluding carboxylic acids is 1. The Balaban J connectivity index is 1.63. The lowest BCUT2D eigenvalue weighted by Crippen LogP contribution is -2.50. The molecule has 10 nitrogen and oxygen atoms in total. The number of sulfonamides is 1. The lowest BCUT2D eigenvalue weighted by molar-refractivity contribution is 0.102. The van der Waals surface area contributed by atoms with Crippen LogP contribution in [0.1, 0.15) is 17.4 Å². The van der Waals surface area contributed by atoms with Crippen LogP contribution in [0.3, 0.4) is 0 Å². The number of hydrogen-bond acceptors (Lipinski definition) is 8. The third-order valence-electron chi connectivity index (χ3n) is 5.12. The van der Waals surface area contributed by atoms with Crippen LogP contribution in [0.2, 0.25) is 0 Å². The quantitative estimate of drug-likeness (QED) is 0.532. The minimum Gasteiger partial charge on any atom is -0.431 e. The van der Waals surface area contributed by atoms with Crippen LogP contribution in [0.5, 0.6) is 0 Å². The predicted molar refractivity (Wildman–Crippen MR) is 128 cm³/mol. The number of benzene rings is 1. The standard InChI is InChI=1S/C20H29BrN6O4S/c1-14(11-25(2)3)13-32(29,30)27-8-6-26(7-9-27)15-4-5-16(21)17(10-15)23-19(28)18-12-31-20(22)24-18/h4-5,10,12,14H,6-9,11,13H2,1-3H3,(H2,22,24)(H,23,28). The number of hydrogen-bond donors (Lipinski definition) is 2. The van der Waals surface area contributed by atoms with E-state index in [0.29, 0.717) is 36.3 Å². The second kappa shape index (κ2) is 10.2. The first-order chi connectivity index (χ1) is 15.0. The Morgan fingerprint density at radius 3 is 2.59 bits per heavy atom. The Hall–Kier alpha value is -2.15. The van der Waals surface area contributed by atoms with Crippen molar-refractivity contribution in [2.75, 3.05) is 68.5 Å². The Morgan fingerprint density at radius 2 is 2.00 bits per heavy atom. The number of nitrogens with two attached hydrogens (primary N) is 1. The molecule has 1 aliphatic rings. The van der Waals surface area contributed by atoms with Crippen molar-refractivity contribution in [2.24, 2.45) is 5.92 Å². The molecule has 1 unspecified atom stereocenters. The van der Waals surface area contributed by atoms with Crippen LogP contribution < -0.4 is 16.0 Å². The Labute approximate surface area is 196 Å². The Morgan fingerprint density at radius 1 is 1.31 bits per heavy atom. The van der Waals surface area contributed by atoms with Gasteiger partial charge in [0.2, 0.25) is 10.0 Å². The molecule has 32 heavy (non-hydrogen) atoms. The molecule has 0 radical (unpaired) electrons. The highest BCUT2D eigenvalue weighted by atomic mass is 79.9. The summed E-state index contributed by atoms with van der Waals surface area (Å²) >= 11 is 3.44. The van der Waals surface area contributed by atoms with Crippen molar-refractivity contribution < 1.29 is 17.6 Å². The summed E-state index contributed by atoms with van der Waals surface area (Å²) in [6.07, 6.45) is 1.20. The molecule has 2 aromatic rings. The fraction of sp³-hybridized carbons (Fsp3) is 0.500. The number of rotatable bonds is 8. The molecule has 1 aromatic carbocycles. The highest BCUT2D eigenvalue weighted by molar-refractivity contribution is 9.10. The highest BCUT2D eigenvalue weighted by Gasteiger charge is 2.29. The van der Waals surface area contributed by atoms with Crippen molar-refractivity contribution in [3.63, 3.8) is 0 Å². The average Bonchev–Trinajstić information content (AvgIpc) is 3.15. The summed E-state index contributed by atoms with van der Waals surface area (Å²) in [6.45, 7) is 4.67. The van der Waals surface area contributed by atoms with Crippen LogP contribution in [-0.2, 0) is 10.0 Å². The molecule has 0 saturated carbocycles. The van der Waals surface area contributed by atoms with Gasteiger partial charge < -0.3 is 25.3 Å². The van der Waals surface area contributed by atoms with Gasteiger partial charge in [0.15, 0.2) is 5.69 Å². The summed E-state index contributed by atoms with van der Waals surface area (Å²) in [7, 11) is 0.581. The van der Waals surface area contributed by atoms with E-state index >= 15 is 0 Å². The van der Waals surface area contributed by atoms with Gasteiger partial charge in [0.1, 0.15) is 6.26 Å². The molecule has 1 saturated heterocycles. The fourth-order valence-electron chi connectivity index (χ4n) is 3.75. The number of amides is 1. The number of nitrogens with zero attached hydrogens (tertiary/aromatic N) is 4. The van der Waals surface area contributed by atoms with Gasteiger partial charge in [-0.05, 0) is 54.1 Å². The zero-order chi connectivity index (χ0) is 23.5. The van der Waals surface area contributed by atoms with E-state index in [1.54, 1.807) is 4.31 Å². The monoisotopic (exact) mass is 528 g/mol. The number of halogens is 1. The van der Waals surface area contributed by atoms with Crippen molar-refractivity contribution >= 4 is 49.2 Å². The smallest absolute Gasteiger partial charge is 0.292 e. The van der Waals surface area contributed by atoms with Crippen LogP contribution in [-0.4, -0.2) is 81.1 Å². The van der Waals surface area contributed by atoms with Gasteiger partial charge in [-0.3, -0.25) is 4.79 Å². The number of nitrogen functional groups attached to an aromatic ring is 1. The predicted octanol–water partition coefficient (Wildman–Crippen LogP) is 1.92. The van der Waals surface area contributed by atoms with E-state index < -0.39 is 15.9 Å². The average molecular weight is 529 g/mol. The summed E-state index contributed by atoms with van der Waals surface area (Å²) in [5, 5.41) is 2.79. The molecule has 1 atom stereocenters. The first-order valence-electron chi connectivity index (χ1n) is 10.2. The number of oxazole rings is 1. The molecule has 176 valence electrons. The topological polar surface area (TPSA) is 125 Å². The summed E-state index contributed by atoms with van der Waals surface area (Å²) in [4.78, 5) is 20.3. The molecule has 3 N–H and O–H groups in total. The van der Waals surface area contributed by atoms with E-state index in [4.69, 9.17) is 10.2 Å². The fourth-order valence-corrected chi connectivity index (χ4v) is 5.85. The van der Waals surface area contributed by atoms with Gasteiger partial charge in [-0.2, -0.15) is 9.29 Å². The second-order valence-electron chi connectivity index (χ2n) is 8.22. The van der Waals surface area contributed by atoms with Crippen molar-refractivity contribution in [3.8, 4) is 0 Å². The Kier molecular flexibility index (Phi) is 7.80. The minimum atomic E-state index is -3.30. The molecule has 0 spiro atoms. The first-order valence-corrected chi connectivity index (χ1v) is 12.6. The van der Waals surface area contributed by atoms with Gasteiger partial charge in [0.25, 0.3) is 11.9 Å². The van der Waals surface area contributed by atoms with Crippen molar-refractivity contribution in [2.45, 2.75) is 6.92 Å². The van der Waals surface area contributed by atoms with Crippen molar-refractivity contribution in [1.82, 2.24) is 14.2 Å². The van der Waals surface area contributed by atoms with Crippen LogP contribution in [0.4, 0.5) is 17.4 Å². The highest BCUT2D eigenvalue weighted by Crippen LogP contribution is 2.29.